The van der Waals surface area contributed by atoms with Gasteiger partial charge in [-0.2, -0.15) is 0 Å². The Kier molecular flexibility index (Phi) is 5.44. The van der Waals surface area contributed by atoms with Crippen LogP contribution in [0.4, 0.5) is 5.69 Å². The Hall–Kier alpha value is -4.07. The van der Waals surface area contributed by atoms with Crippen LogP contribution in [-0.2, 0) is 17.9 Å². The zero-order valence-corrected chi connectivity index (χ0v) is 17.2. The number of fused-ring (bicyclic) bond motifs is 1. The Morgan fingerprint density at radius 2 is 1.61 bits per heavy atom. The van der Waals surface area contributed by atoms with Gasteiger partial charge in [0.15, 0.2) is 11.2 Å². The van der Waals surface area contributed by atoms with Gasteiger partial charge in [-0.25, -0.2) is 14.8 Å². The minimum Gasteiger partial charge on any atom is -0.325 e. The topological polar surface area (TPSA) is 98.9 Å². The number of carbonyl (C=O) groups excluding carboxylic acids is 1. The number of nitrogens with one attached hydrogen (secondary N) is 1. The van der Waals surface area contributed by atoms with Crippen LogP contribution in [0.5, 0.6) is 0 Å². The van der Waals surface area contributed by atoms with Crippen molar-refractivity contribution >= 4 is 22.8 Å². The number of benzene rings is 2. The molecule has 0 spiro atoms. The monoisotopic (exact) mass is 415 g/mol. The smallest absolute Gasteiger partial charge is 0.325 e. The van der Waals surface area contributed by atoms with Crippen LogP contribution in [0.15, 0.2) is 70.5 Å². The van der Waals surface area contributed by atoms with E-state index in [1.165, 1.54) is 17.0 Å². The third-order valence-corrected chi connectivity index (χ3v) is 4.83. The molecule has 4 aromatic rings. The van der Waals surface area contributed by atoms with Crippen LogP contribution in [0.25, 0.3) is 11.2 Å². The van der Waals surface area contributed by atoms with Crippen LogP contribution in [0.1, 0.15) is 16.7 Å². The van der Waals surface area contributed by atoms with Gasteiger partial charge in [0.2, 0.25) is 5.91 Å². The normalized spacial score (nSPS) is 10.9. The Morgan fingerprint density at radius 1 is 0.935 bits per heavy atom. The summed E-state index contributed by atoms with van der Waals surface area (Å²) in [4.78, 5) is 47.1. The van der Waals surface area contributed by atoms with Gasteiger partial charge in [0, 0.05) is 18.1 Å². The van der Waals surface area contributed by atoms with Crippen molar-refractivity contribution in [2.45, 2.75) is 26.9 Å². The largest absolute Gasteiger partial charge is 0.333 e. The van der Waals surface area contributed by atoms with Gasteiger partial charge in [0.25, 0.3) is 5.56 Å². The second-order valence-corrected chi connectivity index (χ2v) is 7.40. The van der Waals surface area contributed by atoms with Crippen molar-refractivity contribution in [2.24, 2.45) is 0 Å². The molecular weight excluding hydrogens is 394 g/mol. The van der Waals surface area contributed by atoms with E-state index in [1.54, 1.807) is 0 Å². The van der Waals surface area contributed by atoms with Gasteiger partial charge in [0.05, 0.1) is 6.54 Å². The summed E-state index contributed by atoms with van der Waals surface area (Å²) in [6, 6.07) is 14.9. The maximum atomic E-state index is 13.2. The lowest BCUT2D eigenvalue weighted by atomic mass is 10.1. The molecule has 0 saturated heterocycles. The van der Waals surface area contributed by atoms with Crippen molar-refractivity contribution in [1.29, 1.82) is 0 Å². The molecule has 0 aliphatic carbocycles. The highest BCUT2D eigenvalue weighted by molar-refractivity contribution is 5.91. The van der Waals surface area contributed by atoms with Crippen molar-refractivity contribution in [3.63, 3.8) is 0 Å². The van der Waals surface area contributed by atoms with Crippen molar-refractivity contribution in [3.05, 3.63) is 98.5 Å². The summed E-state index contributed by atoms with van der Waals surface area (Å²) in [7, 11) is 0. The van der Waals surface area contributed by atoms with Crippen LogP contribution in [0.3, 0.4) is 0 Å². The molecule has 1 N–H and O–H groups in total. The second kappa shape index (κ2) is 8.35. The molecule has 0 radical (unpaired) electrons. The molecule has 0 saturated carbocycles. The van der Waals surface area contributed by atoms with E-state index in [-0.39, 0.29) is 24.3 Å². The lowest BCUT2D eigenvalue weighted by Crippen LogP contribution is -2.42. The summed E-state index contributed by atoms with van der Waals surface area (Å²) < 4.78 is 2.26. The predicted molar refractivity (Wildman–Crippen MR) is 118 cm³/mol. The van der Waals surface area contributed by atoms with E-state index in [0.29, 0.717) is 5.69 Å². The zero-order valence-electron chi connectivity index (χ0n) is 17.2. The average molecular weight is 415 g/mol. The van der Waals surface area contributed by atoms with Crippen molar-refractivity contribution in [1.82, 2.24) is 19.1 Å². The summed E-state index contributed by atoms with van der Waals surface area (Å²) in [5.74, 6) is -0.399. The number of hydrogen-bond acceptors (Lipinski definition) is 5. The van der Waals surface area contributed by atoms with E-state index in [2.05, 4.69) is 15.3 Å². The minimum atomic E-state index is -0.613. The summed E-state index contributed by atoms with van der Waals surface area (Å²) in [5, 5.41) is 2.81. The lowest BCUT2D eigenvalue weighted by molar-refractivity contribution is -0.116. The second-order valence-electron chi connectivity index (χ2n) is 7.40. The number of amides is 1. The van der Waals surface area contributed by atoms with Crippen LogP contribution < -0.4 is 16.6 Å². The number of hydrogen-bond donors (Lipinski definition) is 1. The standard InChI is InChI=1S/C23H21N5O3/c1-15-10-16(2)12-18(11-15)26-19(29)14-27-21-20(24-8-9-25-21)22(30)28(23(27)31)13-17-6-4-3-5-7-17/h3-12H,13-14H2,1-2H3,(H,26,29). The van der Waals surface area contributed by atoms with E-state index in [0.717, 1.165) is 21.3 Å². The average Bonchev–Trinajstić information content (AvgIpc) is 2.74. The molecule has 8 nitrogen and oxygen atoms in total. The molecule has 8 heteroatoms. The first-order chi connectivity index (χ1) is 14.9. The molecule has 0 fully saturated rings. The molecule has 0 bridgehead atoms. The highest BCUT2D eigenvalue weighted by atomic mass is 16.2. The summed E-state index contributed by atoms with van der Waals surface area (Å²) >= 11 is 0. The highest BCUT2D eigenvalue weighted by Gasteiger charge is 2.17. The molecule has 4 rings (SSSR count). The van der Waals surface area contributed by atoms with E-state index >= 15 is 0 Å². The molecule has 0 atom stereocenters. The number of carbonyl (C=O) groups is 1. The summed E-state index contributed by atoms with van der Waals surface area (Å²) in [6.45, 7) is 3.66. The fraction of sp³-hybridized carbons (Fsp3) is 0.174. The summed E-state index contributed by atoms with van der Waals surface area (Å²) in [5.41, 5.74) is 2.43. The van der Waals surface area contributed by atoms with Gasteiger partial charge in [-0.1, -0.05) is 36.4 Å². The number of anilines is 1. The van der Waals surface area contributed by atoms with E-state index in [9.17, 15) is 14.4 Å². The van der Waals surface area contributed by atoms with Crippen molar-refractivity contribution in [2.75, 3.05) is 5.32 Å². The molecule has 0 aliphatic heterocycles. The van der Waals surface area contributed by atoms with Gasteiger partial charge in [0.1, 0.15) is 6.54 Å². The third-order valence-electron chi connectivity index (χ3n) is 4.83. The first-order valence-corrected chi connectivity index (χ1v) is 9.79. The zero-order chi connectivity index (χ0) is 22.0. The van der Waals surface area contributed by atoms with Crippen LogP contribution in [0, 0.1) is 13.8 Å². The first-order valence-electron chi connectivity index (χ1n) is 9.79. The quantitative estimate of drug-likeness (QED) is 0.539. The van der Waals surface area contributed by atoms with Crippen LogP contribution >= 0.6 is 0 Å². The molecule has 2 heterocycles. The molecule has 156 valence electrons. The van der Waals surface area contributed by atoms with Gasteiger partial charge in [-0.3, -0.25) is 18.7 Å². The Morgan fingerprint density at radius 3 is 2.32 bits per heavy atom. The van der Waals surface area contributed by atoms with Gasteiger partial charge < -0.3 is 5.32 Å². The molecule has 2 aromatic carbocycles. The number of nitrogens with zero attached hydrogens (tertiary/aromatic N) is 4. The number of rotatable bonds is 5. The van der Waals surface area contributed by atoms with E-state index in [1.807, 2.05) is 62.4 Å². The lowest BCUT2D eigenvalue weighted by Gasteiger charge is -2.13. The Bertz CT molecular complexity index is 1370. The Labute approximate surface area is 177 Å². The van der Waals surface area contributed by atoms with E-state index in [4.69, 9.17) is 0 Å². The molecule has 2 aromatic heterocycles. The van der Waals surface area contributed by atoms with Crippen molar-refractivity contribution in [3.8, 4) is 0 Å². The maximum absolute atomic E-state index is 13.2. The maximum Gasteiger partial charge on any atom is 0.333 e. The van der Waals surface area contributed by atoms with Crippen LogP contribution in [0.2, 0.25) is 0 Å². The molecular formula is C23H21N5O3. The van der Waals surface area contributed by atoms with Crippen LogP contribution in [-0.4, -0.2) is 25.0 Å². The fourth-order valence-electron chi connectivity index (χ4n) is 3.57. The molecule has 31 heavy (non-hydrogen) atoms. The number of aromatic nitrogens is 4. The van der Waals surface area contributed by atoms with Gasteiger partial charge in [-0.05, 0) is 42.7 Å². The molecule has 1 amide bonds. The van der Waals surface area contributed by atoms with Gasteiger partial charge >= 0.3 is 5.69 Å². The number of aryl methyl sites for hydroxylation is 2. The third kappa shape index (κ3) is 4.28. The fourth-order valence-corrected chi connectivity index (χ4v) is 3.57. The van der Waals surface area contributed by atoms with Crippen molar-refractivity contribution < 1.29 is 4.79 Å². The van der Waals surface area contributed by atoms with E-state index < -0.39 is 17.2 Å². The highest BCUT2D eigenvalue weighted by Crippen LogP contribution is 2.14. The SMILES string of the molecule is Cc1cc(C)cc(NC(=O)Cn2c(=O)n(Cc3ccccc3)c(=O)c3nccnc32)c1. The summed E-state index contributed by atoms with van der Waals surface area (Å²) in [6.07, 6.45) is 2.78. The predicted octanol–water partition coefficient (Wildman–Crippen LogP) is 2.26. The Balaban J connectivity index is 1.75. The first kappa shape index (κ1) is 20.2. The minimum absolute atomic E-state index is 0.0391. The molecule has 0 aliphatic rings. The molecule has 0 unspecified atom stereocenters. The van der Waals surface area contributed by atoms with Gasteiger partial charge in [-0.15, -0.1) is 0 Å².